The monoisotopic (exact) mass is 247 g/mol. The maximum Gasteiger partial charge on any atom is 0.149 e. The highest BCUT2D eigenvalue weighted by Gasteiger charge is 2.04. The Hall–Kier alpha value is -2.61. The van der Waals surface area contributed by atoms with E-state index in [9.17, 15) is 5.11 Å². The molecule has 0 saturated heterocycles. The number of phenolic OH excluding ortho intramolecular Hbond substituents is 1. The zero-order valence-corrected chi connectivity index (χ0v) is 10.3. The smallest absolute Gasteiger partial charge is 0.149 e. The molecule has 0 bridgehead atoms. The number of hydrogen-bond donors (Lipinski definition) is 1. The van der Waals surface area contributed by atoms with E-state index < -0.39 is 0 Å². The molecule has 3 rings (SSSR count). The van der Waals surface area contributed by atoms with E-state index in [1.54, 1.807) is 6.20 Å². The van der Waals surface area contributed by atoms with E-state index in [1.165, 1.54) is 0 Å². The predicted octanol–water partition coefficient (Wildman–Crippen LogP) is 4.11. The highest BCUT2D eigenvalue weighted by Crippen LogP contribution is 2.28. The number of aromatic hydroxyl groups is 1. The molecular weight excluding hydrogens is 234 g/mol. The molecule has 0 atom stereocenters. The average Bonchev–Trinajstić information content (AvgIpc) is 2.48. The van der Waals surface area contributed by atoms with Crippen LogP contribution in [0.1, 0.15) is 11.1 Å². The fourth-order valence-corrected chi connectivity index (χ4v) is 2.03. The Kier molecular flexibility index (Phi) is 2.99. The lowest BCUT2D eigenvalue weighted by Crippen LogP contribution is -1.82. The third kappa shape index (κ3) is 2.33. The van der Waals surface area contributed by atoms with Gasteiger partial charge in [0.05, 0.1) is 0 Å². The maximum absolute atomic E-state index is 10.2. The summed E-state index contributed by atoms with van der Waals surface area (Å²) in [6.45, 7) is 0. The number of nitrogens with zero attached hydrogens (tertiary/aromatic N) is 1. The fourth-order valence-electron chi connectivity index (χ4n) is 2.03. The van der Waals surface area contributed by atoms with Gasteiger partial charge in [-0.05, 0) is 11.6 Å². The predicted molar refractivity (Wildman–Crippen MR) is 78.8 cm³/mol. The number of rotatable bonds is 2. The molecular formula is C17H13NO. The first-order valence-corrected chi connectivity index (χ1v) is 6.14. The van der Waals surface area contributed by atoms with Crippen LogP contribution < -0.4 is 0 Å². The Morgan fingerprint density at radius 1 is 0.842 bits per heavy atom. The maximum atomic E-state index is 10.2. The van der Waals surface area contributed by atoms with Gasteiger partial charge in [-0.2, -0.15) is 0 Å². The molecule has 2 heteroatoms. The number of aromatic nitrogens is 1. The van der Waals surface area contributed by atoms with Crippen LogP contribution in [0.15, 0.2) is 60.8 Å². The van der Waals surface area contributed by atoms with Gasteiger partial charge in [-0.15, -0.1) is 0 Å². The topological polar surface area (TPSA) is 33.1 Å². The summed E-state index contributed by atoms with van der Waals surface area (Å²) in [6.07, 6.45) is 5.56. The standard InChI is InChI=1S/C17H13NO/c19-17-15(9-8-13-5-2-1-3-6-13)11-10-14-7-4-12-18-16(14)17/h1-12,19H/b9-8+. The van der Waals surface area contributed by atoms with Gasteiger partial charge in [-0.3, -0.25) is 4.98 Å². The first kappa shape index (κ1) is 11.5. The number of pyridine rings is 1. The van der Waals surface area contributed by atoms with Crippen LogP contribution >= 0.6 is 0 Å². The van der Waals surface area contributed by atoms with E-state index in [0.29, 0.717) is 5.52 Å². The van der Waals surface area contributed by atoms with Gasteiger partial charge in [-0.25, -0.2) is 0 Å². The van der Waals surface area contributed by atoms with Crippen LogP contribution in [-0.2, 0) is 0 Å². The molecule has 92 valence electrons. The quantitative estimate of drug-likeness (QED) is 0.691. The van der Waals surface area contributed by atoms with E-state index in [0.717, 1.165) is 16.5 Å². The van der Waals surface area contributed by atoms with Crippen LogP contribution in [0.2, 0.25) is 0 Å². The second-order valence-electron chi connectivity index (χ2n) is 4.32. The molecule has 1 heterocycles. The van der Waals surface area contributed by atoms with Gasteiger partial charge in [0.15, 0.2) is 0 Å². The third-order valence-electron chi connectivity index (χ3n) is 3.03. The van der Waals surface area contributed by atoms with Crippen molar-refractivity contribution < 1.29 is 5.11 Å². The zero-order valence-electron chi connectivity index (χ0n) is 10.3. The number of phenols is 1. The van der Waals surface area contributed by atoms with Crippen LogP contribution in [0.25, 0.3) is 23.1 Å². The lowest BCUT2D eigenvalue weighted by atomic mass is 10.1. The summed E-state index contributed by atoms with van der Waals surface area (Å²) in [5.41, 5.74) is 2.51. The summed E-state index contributed by atoms with van der Waals surface area (Å²) >= 11 is 0. The number of hydrogen-bond acceptors (Lipinski definition) is 2. The van der Waals surface area contributed by atoms with E-state index in [4.69, 9.17) is 0 Å². The molecule has 0 aliphatic carbocycles. The van der Waals surface area contributed by atoms with Gasteiger partial charge in [0, 0.05) is 17.1 Å². The lowest BCUT2D eigenvalue weighted by molar-refractivity contribution is 0.479. The minimum atomic E-state index is 0.227. The molecule has 0 aliphatic rings. The van der Waals surface area contributed by atoms with Gasteiger partial charge < -0.3 is 5.11 Å². The second-order valence-corrected chi connectivity index (χ2v) is 4.32. The third-order valence-corrected chi connectivity index (χ3v) is 3.03. The van der Waals surface area contributed by atoms with Gasteiger partial charge in [0.2, 0.25) is 0 Å². The highest BCUT2D eigenvalue weighted by molar-refractivity contribution is 5.89. The van der Waals surface area contributed by atoms with Gasteiger partial charge in [0.25, 0.3) is 0 Å². The van der Waals surface area contributed by atoms with Gasteiger partial charge in [-0.1, -0.05) is 60.7 Å². The summed E-state index contributed by atoms with van der Waals surface area (Å²) < 4.78 is 0. The van der Waals surface area contributed by atoms with Crippen LogP contribution in [-0.4, -0.2) is 10.1 Å². The molecule has 0 saturated carbocycles. The molecule has 1 N–H and O–H groups in total. The van der Waals surface area contributed by atoms with Crippen molar-refractivity contribution in [1.82, 2.24) is 4.98 Å². The van der Waals surface area contributed by atoms with Crippen molar-refractivity contribution in [1.29, 1.82) is 0 Å². The molecule has 19 heavy (non-hydrogen) atoms. The zero-order chi connectivity index (χ0) is 13.1. The molecule has 0 unspecified atom stereocenters. The first-order valence-electron chi connectivity index (χ1n) is 6.14. The normalized spacial score (nSPS) is 11.2. The Balaban J connectivity index is 2.02. The van der Waals surface area contributed by atoms with E-state index in [1.807, 2.05) is 66.7 Å². The molecule has 0 spiro atoms. The Morgan fingerprint density at radius 3 is 2.53 bits per heavy atom. The molecule has 2 aromatic carbocycles. The lowest BCUT2D eigenvalue weighted by Gasteiger charge is -2.03. The summed E-state index contributed by atoms with van der Waals surface area (Å²) in [6, 6.07) is 17.7. The van der Waals surface area contributed by atoms with Crippen LogP contribution in [0, 0.1) is 0 Å². The minimum absolute atomic E-state index is 0.227. The summed E-state index contributed by atoms with van der Waals surface area (Å²) in [5.74, 6) is 0.227. The second kappa shape index (κ2) is 4.94. The van der Waals surface area contributed by atoms with Crippen molar-refractivity contribution in [2.45, 2.75) is 0 Å². The summed E-state index contributed by atoms with van der Waals surface area (Å²) in [5, 5.41) is 11.2. The van der Waals surface area contributed by atoms with Crippen molar-refractivity contribution in [3.8, 4) is 5.75 Å². The van der Waals surface area contributed by atoms with Crippen molar-refractivity contribution in [3.05, 3.63) is 71.9 Å². The molecule has 1 aromatic heterocycles. The molecule has 3 aromatic rings. The summed E-state index contributed by atoms with van der Waals surface area (Å²) in [7, 11) is 0. The SMILES string of the molecule is Oc1c(/C=C/c2ccccc2)ccc2cccnc12. The largest absolute Gasteiger partial charge is 0.505 e. The van der Waals surface area contributed by atoms with E-state index in [2.05, 4.69) is 4.98 Å². The molecule has 2 nitrogen and oxygen atoms in total. The van der Waals surface area contributed by atoms with E-state index >= 15 is 0 Å². The Bertz CT molecular complexity index is 733. The highest BCUT2D eigenvalue weighted by atomic mass is 16.3. The van der Waals surface area contributed by atoms with Crippen LogP contribution in [0.5, 0.6) is 5.75 Å². The number of benzene rings is 2. The molecule has 0 aliphatic heterocycles. The van der Waals surface area contributed by atoms with Crippen LogP contribution in [0.4, 0.5) is 0 Å². The molecule has 0 fully saturated rings. The first-order chi connectivity index (χ1) is 9.34. The van der Waals surface area contributed by atoms with Gasteiger partial charge in [0.1, 0.15) is 11.3 Å². The molecule has 0 amide bonds. The Labute approximate surface area is 111 Å². The van der Waals surface area contributed by atoms with E-state index in [-0.39, 0.29) is 5.75 Å². The number of fused-ring (bicyclic) bond motifs is 1. The molecule has 0 radical (unpaired) electrons. The van der Waals surface area contributed by atoms with Crippen molar-refractivity contribution in [3.63, 3.8) is 0 Å². The van der Waals surface area contributed by atoms with Crippen molar-refractivity contribution >= 4 is 23.1 Å². The van der Waals surface area contributed by atoms with Crippen molar-refractivity contribution in [2.24, 2.45) is 0 Å². The average molecular weight is 247 g/mol. The van der Waals surface area contributed by atoms with Gasteiger partial charge >= 0.3 is 0 Å². The minimum Gasteiger partial charge on any atom is -0.505 e. The van der Waals surface area contributed by atoms with Crippen LogP contribution in [0.3, 0.4) is 0 Å². The summed E-state index contributed by atoms with van der Waals surface area (Å²) in [4.78, 5) is 4.21. The van der Waals surface area contributed by atoms with Crippen molar-refractivity contribution in [2.75, 3.05) is 0 Å². The fraction of sp³-hybridized carbons (Fsp3) is 0. The Morgan fingerprint density at radius 2 is 1.68 bits per heavy atom.